The van der Waals surface area contributed by atoms with Gasteiger partial charge in [-0.3, -0.25) is 4.79 Å². The van der Waals surface area contributed by atoms with Gasteiger partial charge in [-0.25, -0.2) is 4.79 Å². The number of aliphatic carboxylic acids is 1. The predicted molar refractivity (Wildman–Crippen MR) is 62.1 cm³/mol. The van der Waals surface area contributed by atoms with Crippen LogP contribution in [0.2, 0.25) is 0 Å². The molecular weight excluding hydrogens is 214 g/mol. The largest absolute Gasteiger partial charge is 0.480 e. The molecular formula is C10H19NO3S. The first kappa shape index (κ1) is 14.3. The molecule has 0 aromatic rings. The van der Waals surface area contributed by atoms with Crippen LogP contribution in [0.3, 0.4) is 0 Å². The van der Waals surface area contributed by atoms with Gasteiger partial charge >= 0.3 is 5.97 Å². The van der Waals surface area contributed by atoms with Gasteiger partial charge in [-0.1, -0.05) is 6.92 Å². The molecule has 0 aromatic carbocycles. The highest BCUT2D eigenvalue weighted by Crippen LogP contribution is 2.14. The lowest BCUT2D eigenvalue weighted by Crippen LogP contribution is -2.51. The maximum Gasteiger partial charge on any atom is 0.329 e. The van der Waals surface area contributed by atoms with E-state index >= 15 is 0 Å². The number of nitrogens with zero attached hydrogens (tertiary/aromatic N) is 1. The van der Waals surface area contributed by atoms with Crippen molar-refractivity contribution in [1.82, 2.24) is 4.90 Å². The van der Waals surface area contributed by atoms with Gasteiger partial charge in [0, 0.05) is 7.05 Å². The SMILES string of the molecule is CCCSCC(=O)N(C)C(C)(C)C(=O)O. The zero-order valence-electron chi connectivity index (χ0n) is 9.74. The molecule has 0 spiro atoms. The number of carboxylic acids is 1. The van der Waals surface area contributed by atoms with Gasteiger partial charge in [0.05, 0.1) is 5.75 Å². The van der Waals surface area contributed by atoms with Gasteiger partial charge in [-0.05, 0) is 26.0 Å². The summed E-state index contributed by atoms with van der Waals surface area (Å²) in [6.45, 7) is 5.10. The van der Waals surface area contributed by atoms with Gasteiger partial charge in [-0.2, -0.15) is 11.8 Å². The van der Waals surface area contributed by atoms with E-state index in [1.165, 1.54) is 37.6 Å². The summed E-state index contributed by atoms with van der Waals surface area (Å²) in [6, 6.07) is 0. The average molecular weight is 233 g/mol. The summed E-state index contributed by atoms with van der Waals surface area (Å²) in [5.74, 6) is 0.147. The number of carbonyl (C=O) groups is 2. The molecule has 0 aliphatic heterocycles. The van der Waals surface area contributed by atoms with E-state index in [1.54, 1.807) is 0 Å². The number of hydrogen-bond acceptors (Lipinski definition) is 3. The molecule has 15 heavy (non-hydrogen) atoms. The van der Waals surface area contributed by atoms with Gasteiger partial charge in [-0.15, -0.1) is 0 Å². The maximum absolute atomic E-state index is 11.6. The Morgan fingerprint density at radius 2 is 1.93 bits per heavy atom. The van der Waals surface area contributed by atoms with Crippen molar-refractivity contribution in [3.05, 3.63) is 0 Å². The van der Waals surface area contributed by atoms with E-state index < -0.39 is 11.5 Å². The summed E-state index contributed by atoms with van der Waals surface area (Å²) in [7, 11) is 1.53. The molecule has 0 radical (unpaired) electrons. The van der Waals surface area contributed by atoms with Crippen LogP contribution in [0, 0.1) is 0 Å². The normalized spacial score (nSPS) is 11.2. The Hall–Kier alpha value is -0.710. The maximum atomic E-state index is 11.6. The summed E-state index contributed by atoms with van der Waals surface area (Å²) in [4.78, 5) is 23.8. The Morgan fingerprint density at radius 1 is 1.40 bits per heavy atom. The number of likely N-dealkylation sites (N-methyl/N-ethyl adjacent to an activating group) is 1. The fourth-order valence-corrected chi connectivity index (χ4v) is 1.66. The lowest BCUT2D eigenvalue weighted by molar-refractivity contribution is -0.154. The van der Waals surface area contributed by atoms with Crippen molar-refractivity contribution in [3.63, 3.8) is 0 Å². The van der Waals surface area contributed by atoms with Crippen LogP contribution in [0.5, 0.6) is 0 Å². The van der Waals surface area contributed by atoms with E-state index in [4.69, 9.17) is 5.11 Å². The number of carboxylic acid groups (broad SMARTS) is 1. The van der Waals surface area contributed by atoms with Crippen molar-refractivity contribution in [2.75, 3.05) is 18.6 Å². The number of hydrogen-bond donors (Lipinski definition) is 1. The molecule has 0 rings (SSSR count). The highest BCUT2D eigenvalue weighted by molar-refractivity contribution is 7.99. The molecule has 0 unspecified atom stereocenters. The van der Waals surface area contributed by atoms with Crippen LogP contribution >= 0.6 is 11.8 Å². The minimum Gasteiger partial charge on any atom is -0.480 e. The van der Waals surface area contributed by atoms with Gasteiger partial charge in [0.2, 0.25) is 5.91 Å². The van der Waals surface area contributed by atoms with Crippen LogP contribution in [0.1, 0.15) is 27.2 Å². The second-order valence-electron chi connectivity index (χ2n) is 3.87. The smallest absolute Gasteiger partial charge is 0.329 e. The number of thioether (sulfide) groups is 1. The molecule has 0 fully saturated rings. The van der Waals surface area contributed by atoms with Crippen molar-refractivity contribution in [2.45, 2.75) is 32.7 Å². The van der Waals surface area contributed by atoms with E-state index in [0.29, 0.717) is 5.75 Å². The number of rotatable bonds is 6. The standard InChI is InChI=1S/C10H19NO3S/c1-5-6-15-7-8(12)11(4)10(2,3)9(13)14/h5-7H2,1-4H3,(H,13,14). The van der Waals surface area contributed by atoms with Crippen molar-refractivity contribution in [3.8, 4) is 0 Å². The van der Waals surface area contributed by atoms with Gasteiger partial charge in [0.1, 0.15) is 5.54 Å². The third-order valence-electron chi connectivity index (χ3n) is 2.31. The van der Waals surface area contributed by atoms with E-state index in [1.807, 2.05) is 6.92 Å². The molecule has 0 heterocycles. The minimum atomic E-state index is -1.14. The summed E-state index contributed by atoms with van der Waals surface area (Å²) in [5, 5.41) is 8.93. The van der Waals surface area contributed by atoms with Crippen LogP contribution in [0.25, 0.3) is 0 Å². The van der Waals surface area contributed by atoms with Crippen LogP contribution in [0.15, 0.2) is 0 Å². The average Bonchev–Trinajstić information content (AvgIpc) is 2.16. The first-order valence-corrected chi connectivity index (χ1v) is 6.07. The second kappa shape index (κ2) is 6.00. The lowest BCUT2D eigenvalue weighted by Gasteiger charge is -2.31. The number of amides is 1. The first-order valence-electron chi connectivity index (χ1n) is 4.91. The summed E-state index contributed by atoms with van der Waals surface area (Å²) < 4.78 is 0. The van der Waals surface area contributed by atoms with Crippen molar-refractivity contribution in [2.24, 2.45) is 0 Å². The summed E-state index contributed by atoms with van der Waals surface area (Å²) in [6.07, 6.45) is 1.02. The molecule has 0 aliphatic carbocycles. The summed E-state index contributed by atoms with van der Waals surface area (Å²) >= 11 is 1.53. The molecule has 0 saturated heterocycles. The third-order valence-corrected chi connectivity index (χ3v) is 3.46. The van der Waals surface area contributed by atoms with Gasteiger partial charge < -0.3 is 10.0 Å². The van der Waals surface area contributed by atoms with Gasteiger partial charge in [0.15, 0.2) is 0 Å². The molecule has 5 heteroatoms. The molecule has 4 nitrogen and oxygen atoms in total. The van der Waals surface area contributed by atoms with Crippen LogP contribution in [-0.2, 0) is 9.59 Å². The molecule has 0 aliphatic rings. The molecule has 1 amide bonds. The molecule has 1 N–H and O–H groups in total. The summed E-state index contributed by atoms with van der Waals surface area (Å²) in [5.41, 5.74) is -1.14. The topological polar surface area (TPSA) is 57.6 Å². The van der Waals surface area contributed by atoms with E-state index in [-0.39, 0.29) is 5.91 Å². The molecule has 0 atom stereocenters. The predicted octanol–water partition coefficient (Wildman–Crippen LogP) is 1.45. The Kier molecular flexibility index (Phi) is 5.72. The van der Waals surface area contributed by atoms with Crippen LogP contribution < -0.4 is 0 Å². The fraction of sp³-hybridized carbons (Fsp3) is 0.800. The first-order chi connectivity index (χ1) is 6.84. The van der Waals surface area contributed by atoms with Crippen molar-refractivity contribution < 1.29 is 14.7 Å². The quantitative estimate of drug-likeness (QED) is 0.705. The fourth-order valence-electron chi connectivity index (χ4n) is 0.856. The lowest BCUT2D eigenvalue weighted by atomic mass is 10.0. The highest BCUT2D eigenvalue weighted by atomic mass is 32.2. The minimum absolute atomic E-state index is 0.138. The zero-order valence-corrected chi connectivity index (χ0v) is 10.6. The van der Waals surface area contributed by atoms with E-state index in [0.717, 1.165) is 12.2 Å². The van der Waals surface area contributed by atoms with E-state index in [2.05, 4.69) is 0 Å². The Balaban J connectivity index is 4.25. The van der Waals surface area contributed by atoms with Crippen molar-refractivity contribution in [1.29, 1.82) is 0 Å². The highest BCUT2D eigenvalue weighted by Gasteiger charge is 2.34. The van der Waals surface area contributed by atoms with Crippen LogP contribution in [0.4, 0.5) is 0 Å². The Bertz CT molecular complexity index is 241. The molecule has 0 saturated carbocycles. The molecule has 0 bridgehead atoms. The zero-order chi connectivity index (χ0) is 12.1. The van der Waals surface area contributed by atoms with E-state index in [9.17, 15) is 9.59 Å². The monoisotopic (exact) mass is 233 g/mol. The molecule has 88 valence electrons. The van der Waals surface area contributed by atoms with Gasteiger partial charge in [0.25, 0.3) is 0 Å². The van der Waals surface area contributed by atoms with Crippen LogP contribution in [-0.4, -0.2) is 46.0 Å². The molecule has 0 aromatic heterocycles. The number of carbonyl (C=O) groups excluding carboxylic acids is 1. The van der Waals surface area contributed by atoms with Crippen molar-refractivity contribution >= 4 is 23.6 Å². The Labute approximate surface area is 95.0 Å². The third kappa shape index (κ3) is 4.11. The second-order valence-corrected chi connectivity index (χ2v) is 4.97. The Morgan fingerprint density at radius 3 is 2.33 bits per heavy atom.